The summed E-state index contributed by atoms with van der Waals surface area (Å²) in [6.07, 6.45) is 1.89. The molecule has 0 saturated carbocycles. The molecule has 0 unspecified atom stereocenters. The molecule has 0 radical (unpaired) electrons. The molecule has 3 aromatic rings. The Kier molecular flexibility index (Phi) is 7.16. The third-order valence-corrected chi connectivity index (χ3v) is 7.41. The van der Waals surface area contributed by atoms with Gasteiger partial charge in [0.2, 0.25) is 0 Å². The average Bonchev–Trinajstić information content (AvgIpc) is 3.46. The normalized spacial score (nSPS) is 16.7. The standard InChI is InChI=1S/C28H37N5O3/c1-19(2)4-7-25-23-15-24(27(34)16-26(23)30-29-25)28(35)33-17-20-5-6-22(14-21(20)18-33)36-13-12-32-10-8-31(3)9-11-32/h5-6,14-16,19,34H,4,7-13,17-18H2,1-3H3,(H,29,30). The van der Waals surface area contributed by atoms with Crippen molar-refractivity contribution in [2.75, 3.05) is 46.4 Å². The number of aromatic hydroxyl groups is 1. The van der Waals surface area contributed by atoms with Crippen molar-refractivity contribution in [3.8, 4) is 11.5 Å². The van der Waals surface area contributed by atoms with Crippen molar-refractivity contribution < 1.29 is 14.6 Å². The first-order valence-electron chi connectivity index (χ1n) is 13.0. The van der Waals surface area contributed by atoms with Gasteiger partial charge >= 0.3 is 0 Å². The first kappa shape index (κ1) is 24.6. The van der Waals surface area contributed by atoms with Gasteiger partial charge in [-0.1, -0.05) is 19.9 Å². The van der Waals surface area contributed by atoms with E-state index in [2.05, 4.69) is 53.0 Å². The van der Waals surface area contributed by atoms with Gasteiger partial charge in [-0.05, 0) is 55.1 Å². The second-order valence-corrected chi connectivity index (χ2v) is 10.6. The molecule has 1 saturated heterocycles. The summed E-state index contributed by atoms with van der Waals surface area (Å²) in [5, 5.41) is 18.9. The Hall–Kier alpha value is -3.10. The molecular weight excluding hydrogens is 454 g/mol. The van der Waals surface area contributed by atoms with Crippen molar-refractivity contribution >= 4 is 16.8 Å². The van der Waals surface area contributed by atoms with Crippen molar-refractivity contribution in [1.29, 1.82) is 0 Å². The molecule has 2 aliphatic rings. The zero-order valence-electron chi connectivity index (χ0n) is 21.6. The molecule has 3 heterocycles. The SMILES string of the molecule is CC(C)CCc1[nH]nc2cc(O)c(C(=O)N3Cc4ccc(OCCN5CCN(C)CC5)cc4C3)cc12. The lowest BCUT2D eigenvalue weighted by atomic mass is 10.0. The molecule has 1 amide bonds. The molecular formula is C28H37N5O3. The van der Waals surface area contributed by atoms with E-state index < -0.39 is 0 Å². The average molecular weight is 492 g/mol. The molecule has 2 aromatic carbocycles. The number of nitrogens with one attached hydrogen (secondary N) is 1. The predicted molar refractivity (Wildman–Crippen MR) is 140 cm³/mol. The number of nitrogens with zero attached hydrogens (tertiary/aromatic N) is 4. The summed E-state index contributed by atoms with van der Waals surface area (Å²) in [6.45, 7) is 11.4. The van der Waals surface area contributed by atoms with E-state index in [9.17, 15) is 9.90 Å². The fourth-order valence-electron chi connectivity index (χ4n) is 5.03. The van der Waals surface area contributed by atoms with E-state index in [0.29, 0.717) is 36.7 Å². The monoisotopic (exact) mass is 491 g/mol. The van der Waals surface area contributed by atoms with Crippen LogP contribution in [0.2, 0.25) is 0 Å². The quantitative estimate of drug-likeness (QED) is 0.501. The van der Waals surface area contributed by atoms with Crippen LogP contribution >= 0.6 is 0 Å². The lowest BCUT2D eigenvalue weighted by Gasteiger charge is -2.32. The highest BCUT2D eigenvalue weighted by molar-refractivity contribution is 6.01. The number of likely N-dealkylation sites (N-methyl/N-ethyl adjacent to an activating group) is 1. The molecule has 0 spiro atoms. The van der Waals surface area contributed by atoms with Crippen molar-refractivity contribution in [3.05, 3.63) is 52.7 Å². The Balaban J connectivity index is 1.23. The minimum atomic E-state index is -0.167. The van der Waals surface area contributed by atoms with Crippen molar-refractivity contribution in [2.24, 2.45) is 5.92 Å². The smallest absolute Gasteiger partial charge is 0.258 e. The van der Waals surface area contributed by atoms with Crippen LogP contribution in [0.4, 0.5) is 0 Å². The van der Waals surface area contributed by atoms with Gasteiger partial charge in [0.15, 0.2) is 0 Å². The number of piperazine rings is 1. The van der Waals surface area contributed by atoms with Crippen LogP contribution in [-0.2, 0) is 19.5 Å². The summed E-state index contributed by atoms with van der Waals surface area (Å²) in [5.74, 6) is 1.22. The molecule has 0 aliphatic carbocycles. The largest absolute Gasteiger partial charge is 0.507 e. The van der Waals surface area contributed by atoms with Gasteiger partial charge in [0.1, 0.15) is 18.1 Å². The van der Waals surface area contributed by atoms with Crippen molar-refractivity contribution in [1.82, 2.24) is 24.9 Å². The third-order valence-electron chi connectivity index (χ3n) is 7.41. The number of aryl methyl sites for hydroxylation is 1. The lowest BCUT2D eigenvalue weighted by molar-refractivity contribution is 0.0748. The van der Waals surface area contributed by atoms with E-state index in [-0.39, 0.29) is 11.7 Å². The number of fused-ring (bicyclic) bond motifs is 2. The molecule has 5 rings (SSSR count). The zero-order chi connectivity index (χ0) is 25.2. The van der Waals surface area contributed by atoms with E-state index in [1.807, 2.05) is 6.07 Å². The Bertz CT molecular complexity index is 1230. The van der Waals surface area contributed by atoms with Crippen LogP contribution in [0.3, 0.4) is 0 Å². The summed E-state index contributed by atoms with van der Waals surface area (Å²) in [6, 6.07) is 9.48. The van der Waals surface area contributed by atoms with Gasteiger partial charge in [-0.3, -0.25) is 14.8 Å². The van der Waals surface area contributed by atoms with E-state index in [4.69, 9.17) is 4.74 Å². The van der Waals surface area contributed by atoms with Crippen molar-refractivity contribution in [2.45, 2.75) is 39.8 Å². The number of aromatic amines is 1. The molecule has 1 fully saturated rings. The fourth-order valence-corrected chi connectivity index (χ4v) is 5.03. The van der Waals surface area contributed by atoms with Gasteiger partial charge in [0.05, 0.1) is 11.1 Å². The first-order valence-corrected chi connectivity index (χ1v) is 13.0. The predicted octanol–water partition coefficient (Wildman–Crippen LogP) is 3.64. The third kappa shape index (κ3) is 5.34. The topological polar surface area (TPSA) is 84.9 Å². The summed E-state index contributed by atoms with van der Waals surface area (Å²) < 4.78 is 6.04. The van der Waals surface area contributed by atoms with E-state index in [1.54, 1.807) is 17.0 Å². The number of aromatic nitrogens is 2. The molecule has 2 aliphatic heterocycles. The number of carbonyl (C=O) groups excluding carboxylic acids is 1. The number of H-pyrrole nitrogens is 1. The van der Waals surface area contributed by atoms with E-state index in [1.165, 1.54) is 0 Å². The van der Waals surface area contributed by atoms with Gasteiger partial charge in [-0.2, -0.15) is 5.10 Å². The number of carbonyl (C=O) groups is 1. The molecule has 8 heteroatoms. The van der Waals surface area contributed by atoms with Crippen LogP contribution < -0.4 is 4.74 Å². The van der Waals surface area contributed by atoms with Crippen LogP contribution in [0.1, 0.15) is 47.4 Å². The zero-order valence-corrected chi connectivity index (χ0v) is 21.6. The highest BCUT2D eigenvalue weighted by Gasteiger charge is 2.27. The Morgan fingerprint density at radius 2 is 1.89 bits per heavy atom. The molecule has 8 nitrogen and oxygen atoms in total. The molecule has 0 atom stereocenters. The van der Waals surface area contributed by atoms with Gasteiger partial charge in [-0.15, -0.1) is 0 Å². The van der Waals surface area contributed by atoms with Gasteiger partial charge in [0.25, 0.3) is 5.91 Å². The highest BCUT2D eigenvalue weighted by Crippen LogP contribution is 2.32. The van der Waals surface area contributed by atoms with Crippen molar-refractivity contribution in [3.63, 3.8) is 0 Å². The highest BCUT2D eigenvalue weighted by atomic mass is 16.5. The second-order valence-electron chi connectivity index (χ2n) is 10.6. The second kappa shape index (κ2) is 10.5. The fraction of sp³-hybridized carbons (Fsp3) is 0.500. The molecule has 36 heavy (non-hydrogen) atoms. The van der Waals surface area contributed by atoms with Gasteiger partial charge in [-0.25, -0.2) is 0 Å². The van der Waals surface area contributed by atoms with Crippen LogP contribution in [0.5, 0.6) is 11.5 Å². The summed E-state index contributed by atoms with van der Waals surface area (Å²) in [4.78, 5) is 20.0. The van der Waals surface area contributed by atoms with E-state index in [0.717, 1.165) is 73.5 Å². The number of amides is 1. The first-order chi connectivity index (χ1) is 17.4. The molecule has 192 valence electrons. The van der Waals surface area contributed by atoms with Crippen LogP contribution in [-0.4, -0.2) is 82.3 Å². The van der Waals surface area contributed by atoms with Crippen LogP contribution in [0.15, 0.2) is 30.3 Å². The molecule has 2 N–H and O–H groups in total. The van der Waals surface area contributed by atoms with Gasteiger partial charge < -0.3 is 19.6 Å². The maximum absolute atomic E-state index is 13.4. The van der Waals surface area contributed by atoms with Crippen LogP contribution in [0.25, 0.3) is 10.9 Å². The molecule has 1 aromatic heterocycles. The number of phenols is 1. The number of benzene rings is 2. The minimum absolute atomic E-state index is 0.0294. The van der Waals surface area contributed by atoms with Gasteiger partial charge in [0, 0.05) is 63.0 Å². The number of rotatable bonds is 8. The maximum atomic E-state index is 13.4. The number of hydrogen-bond acceptors (Lipinski definition) is 6. The van der Waals surface area contributed by atoms with Crippen LogP contribution in [0, 0.1) is 5.92 Å². The van der Waals surface area contributed by atoms with E-state index >= 15 is 0 Å². The number of phenolic OH excluding ortho intramolecular Hbond substituents is 1. The summed E-state index contributed by atoms with van der Waals surface area (Å²) >= 11 is 0. The summed E-state index contributed by atoms with van der Waals surface area (Å²) in [5.41, 5.74) is 4.24. The number of hydrogen-bond donors (Lipinski definition) is 2. The molecule has 0 bridgehead atoms. The lowest BCUT2D eigenvalue weighted by Crippen LogP contribution is -2.45. The Morgan fingerprint density at radius 3 is 2.67 bits per heavy atom. The minimum Gasteiger partial charge on any atom is -0.507 e. The summed E-state index contributed by atoms with van der Waals surface area (Å²) in [7, 11) is 2.16. The maximum Gasteiger partial charge on any atom is 0.258 e. The Labute approximate surface area is 212 Å². The number of ether oxygens (including phenoxy) is 1. The Morgan fingerprint density at radius 1 is 1.11 bits per heavy atom.